The number of hydrogen-bond acceptors (Lipinski definition) is 4. The fraction of sp³-hybridized carbons (Fsp3) is 0.357. The van der Waals surface area contributed by atoms with Crippen molar-refractivity contribution in [1.82, 2.24) is 5.32 Å². The molecule has 2 atom stereocenters. The largest absolute Gasteiger partial charge is 0.480 e. The Morgan fingerprint density at radius 2 is 2.05 bits per heavy atom. The molecule has 1 aromatic carbocycles. The number of carbonyl (C=O) groups excluding carboxylic acids is 2. The quantitative estimate of drug-likeness (QED) is 0.771. The van der Waals surface area contributed by atoms with Gasteiger partial charge in [0, 0.05) is 17.9 Å². The highest BCUT2D eigenvalue weighted by atomic mass is 32.2. The van der Waals surface area contributed by atoms with E-state index in [-0.39, 0.29) is 18.1 Å². The molecule has 0 saturated carbocycles. The summed E-state index contributed by atoms with van der Waals surface area (Å²) in [6.45, 7) is 1.95. The minimum absolute atomic E-state index is 0.0245. The Morgan fingerprint density at radius 1 is 1.38 bits per heavy atom. The molecule has 0 aliphatic carbocycles. The van der Waals surface area contributed by atoms with Gasteiger partial charge in [-0.1, -0.05) is 17.7 Å². The number of aryl methyl sites for hydroxylation is 1. The maximum Gasteiger partial charge on any atom is 0.327 e. The van der Waals surface area contributed by atoms with E-state index < -0.39 is 23.2 Å². The van der Waals surface area contributed by atoms with Gasteiger partial charge in [-0.2, -0.15) is 0 Å². The second-order valence-electron chi connectivity index (χ2n) is 4.84. The highest BCUT2D eigenvalue weighted by molar-refractivity contribution is 8.00. The summed E-state index contributed by atoms with van der Waals surface area (Å²) in [6.07, 6.45) is 0.0245. The van der Waals surface area contributed by atoms with Crippen molar-refractivity contribution in [2.75, 3.05) is 11.1 Å². The van der Waals surface area contributed by atoms with Crippen LogP contribution < -0.4 is 10.6 Å². The average Bonchev–Trinajstić information content (AvgIpc) is 2.43. The lowest BCUT2D eigenvalue weighted by molar-refractivity contribution is -0.141. The van der Waals surface area contributed by atoms with Gasteiger partial charge in [-0.3, -0.25) is 9.59 Å². The van der Waals surface area contributed by atoms with E-state index in [4.69, 9.17) is 5.11 Å². The zero-order chi connectivity index (χ0) is 15.4. The van der Waals surface area contributed by atoms with Gasteiger partial charge < -0.3 is 15.7 Å². The maximum atomic E-state index is 11.9. The molecule has 1 aromatic rings. The van der Waals surface area contributed by atoms with Crippen LogP contribution in [-0.2, 0) is 14.4 Å². The molecular formula is C14H16N2O4S. The SMILES string of the molecule is Cc1ccc(NC(=O)C[C@H]2SC[C@H](C(=O)O)NC2=O)cc1. The summed E-state index contributed by atoms with van der Waals surface area (Å²) in [5.74, 6) is -1.46. The van der Waals surface area contributed by atoms with Crippen LogP contribution in [0.1, 0.15) is 12.0 Å². The number of aliphatic carboxylic acids is 1. The van der Waals surface area contributed by atoms with Crippen LogP contribution in [0.2, 0.25) is 0 Å². The summed E-state index contributed by atoms with van der Waals surface area (Å²) >= 11 is 1.20. The van der Waals surface area contributed by atoms with Crippen LogP contribution >= 0.6 is 11.8 Å². The van der Waals surface area contributed by atoms with Crippen LogP contribution in [0.25, 0.3) is 0 Å². The molecule has 2 amide bonds. The van der Waals surface area contributed by atoms with Crippen molar-refractivity contribution in [3.8, 4) is 0 Å². The summed E-state index contributed by atoms with van der Waals surface area (Å²) in [6, 6.07) is 6.48. The summed E-state index contributed by atoms with van der Waals surface area (Å²) in [5, 5.41) is 13.4. The lowest BCUT2D eigenvalue weighted by Crippen LogP contribution is -2.51. The molecule has 7 heteroatoms. The second-order valence-corrected chi connectivity index (χ2v) is 6.08. The van der Waals surface area contributed by atoms with Crippen molar-refractivity contribution in [2.45, 2.75) is 24.6 Å². The number of thioether (sulfide) groups is 1. The molecule has 0 bridgehead atoms. The van der Waals surface area contributed by atoms with E-state index in [9.17, 15) is 14.4 Å². The van der Waals surface area contributed by atoms with Crippen molar-refractivity contribution in [2.24, 2.45) is 0 Å². The Hall–Kier alpha value is -2.02. The van der Waals surface area contributed by atoms with E-state index in [0.717, 1.165) is 5.56 Å². The van der Waals surface area contributed by atoms with Gasteiger partial charge in [0.2, 0.25) is 11.8 Å². The van der Waals surface area contributed by atoms with E-state index in [1.54, 1.807) is 12.1 Å². The highest BCUT2D eigenvalue weighted by Gasteiger charge is 2.33. The summed E-state index contributed by atoms with van der Waals surface area (Å²) in [7, 11) is 0. The van der Waals surface area contributed by atoms with Crippen LogP contribution in [-0.4, -0.2) is 39.9 Å². The molecule has 112 valence electrons. The van der Waals surface area contributed by atoms with E-state index in [1.807, 2.05) is 19.1 Å². The minimum atomic E-state index is -1.06. The molecular weight excluding hydrogens is 292 g/mol. The number of benzene rings is 1. The number of carbonyl (C=O) groups is 3. The standard InChI is InChI=1S/C14H16N2O4S/c1-8-2-4-9(5-3-8)15-12(17)6-11-13(18)16-10(7-21-11)14(19)20/h2-5,10-11H,6-7H2,1H3,(H,15,17)(H,16,18)(H,19,20)/t10-,11-/m1/s1. The lowest BCUT2D eigenvalue weighted by atomic mass is 10.2. The Balaban J connectivity index is 1.87. The third-order valence-electron chi connectivity index (χ3n) is 3.08. The van der Waals surface area contributed by atoms with Gasteiger partial charge in [-0.05, 0) is 19.1 Å². The van der Waals surface area contributed by atoms with Gasteiger partial charge in [-0.25, -0.2) is 4.79 Å². The van der Waals surface area contributed by atoms with E-state index in [0.29, 0.717) is 5.69 Å². The van der Waals surface area contributed by atoms with Gasteiger partial charge >= 0.3 is 5.97 Å². The molecule has 2 rings (SSSR count). The molecule has 0 unspecified atom stereocenters. The second kappa shape index (κ2) is 6.62. The summed E-state index contributed by atoms with van der Waals surface area (Å²) < 4.78 is 0. The minimum Gasteiger partial charge on any atom is -0.480 e. The van der Waals surface area contributed by atoms with Crippen molar-refractivity contribution in [3.05, 3.63) is 29.8 Å². The highest BCUT2D eigenvalue weighted by Crippen LogP contribution is 2.21. The first kappa shape index (κ1) is 15.4. The molecule has 1 aliphatic rings. The number of nitrogens with one attached hydrogen (secondary N) is 2. The van der Waals surface area contributed by atoms with E-state index >= 15 is 0 Å². The summed E-state index contributed by atoms with van der Waals surface area (Å²) in [5.41, 5.74) is 1.77. The topological polar surface area (TPSA) is 95.5 Å². The molecule has 21 heavy (non-hydrogen) atoms. The fourth-order valence-corrected chi connectivity index (χ4v) is 3.04. The number of carboxylic acids is 1. The maximum absolute atomic E-state index is 11.9. The Bertz CT molecular complexity index is 559. The predicted octanol–water partition coefficient (Wildman–Crippen LogP) is 1.01. The third-order valence-corrected chi connectivity index (χ3v) is 4.39. The van der Waals surface area contributed by atoms with Gasteiger partial charge in [0.25, 0.3) is 0 Å². The van der Waals surface area contributed by atoms with Crippen LogP contribution in [0.3, 0.4) is 0 Å². The third kappa shape index (κ3) is 4.22. The number of rotatable bonds is 4. The van der Waals surface area contributed by atoms with Crippen LogP contribution in [0, 0.1) is 6.92 Å². The number of anilines is 1. The number of hydrogen-bond donors (Lipinski definition) is 3. The molecule has 1 fully saturated rings. The summed E-state index contributed by atoms with van der Waals surface area (Å²) in [4.78, 5) is 34.5. The zero-order valence-corrected chi connectivity index (χ0v) is 12.3. The number of amides is 2. The monoisotopic (exact) mass is 308 g/mol. The van der Waals surface area contributed by atoms with Crippen molar-refractivity contribution in [3.63, 3.8) is 0 Å². The van der Waals surface area contributed by atoms with Gasteiger partial charge in [0.1, 0.15) is 6.04 Å². The predicted molar refractivity (Wildman–Crippen MR) is 80.2 cm³/mol. The average molecular weight is 308 g/mol. The molecule has 1 aliphatic heterocycles. The zero-order valence-electron chi connectivity index (χ0n) is 11.5. The lowest BCUT2D eigenvalue weighted by Gasteiger charge is -2.25. The molecule has 1 heterocycles. The molecule has 6 nitrogen and oxygen atoms in total. The fourth-order valence-electron chi connectivity index (χ4n) is 1.90. The first-order valence-corrected chi connectivity index (χ1v) is 7.52. The molecule has 0 aromatic heterocycles. The first-order chi connectivity index (χ1) is 9.95. The van der Waals surface area contributed by atoms with Crippen LogP contribution in [0.15, 0.2) is 24.3 Å². The van der Waals surface area contributed by atoms with E-state index in [1.165, 1.54) is 11.8 Å². The smallest absolute Gasteiger partial charge is 0.327 e. The van der Waals surface area contributed by atoms with Crippen molar-refractivity contribution in [1.29, 1.82) is 0 Å². The van der Waals surface area contributed by atoms with Crippen molar-refractivity contribution >= 4 is 35.2 Å². The Morgan fingerprint density at radius 3 is 2.62 bits per heavy atom. The molecule has 3 N–H and O–H groups in total. The molecule has 0 radical (unpaired) electrons. The van der Waals surface area contributed by atoms with Gasteiger partial charge in [-0.15, -0.1) is 11.8 Å². The molecule has 1 saturated heterocycles. The van der Waals surface area contributed by atoms with E-state index in [2.05, 4.69) is 10.6 Å². The Labute approximate surface area is 126 Å². The van der Waals surface area contributed by atoms with Crippen molar-refractivity contribution < 1.29 is 19.5 Å². The van der Waals surface area contributed by atoms with Gasteiger partial charge in [0.05, 0.1) is 5.25 Å². The normalized spacial score (nSPS) is 21.5. The van der Waals surface area contributed by atoms with Gasteiger partial charge in [0.15, 0.2) is 0 Å². The Kier molecular flexibility index (Phi) is 4.85. The number of carboxylic acid groups (broad SMARTS) is 1. The molecule has 0 spiro atoms. The first-order valence-electron chi connectivity index (χ1n) is 6.47. The van der Waals surface area contributed by atoms with Crippen LogP contribution in [0.4, 0.5) is 5.69 Å². The van der Waals surface area contributed by atoms with Crippen LogP contribution in [0.5, 0.6) is 0 Å².